The monoisotopic (exact) mass is 253 g/mol. The zero-order valence-corrected chi connectivity index (χ0v) is 11.2. The number of carbonyl (C=O) groups excluding carboxylic acids is 1. The predicted octanol–water partition coefficient (Wildman–Crippen LogP) is 3.50. The minimum atomic E-state index is 0.0712. The van der Waals surface area contributed by atoms with Gasteiger partial charge in [0, 0.05) is 0 Å². The van der Waals surface area contributed by atoms with Crippen LogP contribution in [-0.4, -0.2) is 5.91 Å². The topological polar surface area (TPSA) is 29.1 Å². The minimum absolute atomic E-state index is 0.0712. The molecule has 2 heteroatoms. The van der Waals surface area contributed by atoms with Crippen LogP contribution < -0.4 is 5.32 Å². The lowest BCUT2D eigenvalue weighted by Crippen LogP contribution is -2.29. The maximum Gasteiger partial charge on any atom is 0.224 e. The Morgan fingerprint density at radius 3 is 2.16 bits per heavy atom. The maximum atomic E-state index is 12.0. The molecule has 0 heterocycles. The molecule has 0 aromatic heterocycles. The molecule has 98 valence electrons. The highest BCUT2D eigenvalue weighted by molar-refractivity contribution is 5.79. The van der Waals surface area contributed by atoms with Crippen LogP contribution in [-0.2, 0) is 11.2 Å². The normalized spacial score (nSPS) is 11.8. The molecular weight excluding hydrogens is 234 g/mol. The highest BCUT2D eigenvalue weighted by Gasteiger charge is 2.12. The fourth-order valence-corrected chi connectivity index (χ4v) is 2.13. The van der Waals surface area contributed by atoms with Gasteiger partial charge >= 0.3 is 0 Å². The lowest BCUT2D eigenvalue weighted by molar-refractivity contribution is -0.121. The molecule has 0 spiro atoms. The van der Waals surface area contributed by atoms with E-state index < -0.39 is 0 Å². The van der Waals surface area contributed by atoms with E-state index in [-0.39, 0.29) is 11.9 Å². The third-order valence-electron chi connectivity index (χ3n) is 3.15. The van der Waals surface area contributed by atoms with E-state index in [4.69, 9.17) is 0 Å². The molecule has 1 N–H and O–H groups in total. The van der Waals surface area contributed by atoms with Crippen molar-refractivity contribution in [3.05, 3.63) is 71.8 Å². The van der Waals surface area contributed by atoms with Crippen LogP contribution in [0.15, 0.2) is 60.7 Å². The summed E-state index contributed by atoms with van der Waals surface area (Å²) in [6.07, 6.45) is 1.33. The molecule has 0 aliphatic carbocycles. The molecule has 0 fully saturated rings. The van der Waals surface area contributed by atoms with E-state index in [2.05, 4.69) is 24.4 Å². The number of benzene rings is 2. The van der Waals surface area contributed by atoms with E-state index in [0.29, 0.717) is 6.42 Å². The highest BCUT2D eigenvalue weighted by Crippen LogP contribution is 2.16. The quantitative estimate of drug-likeness (QED) is 0.868. The summed E-state index contributed by atoms with van der Waals surface area (Å²) in [5, 5.41) is 3.09. The zero-order valence-electron chi connectivity index (χ0n) is 11.2. The summed E-state index contributed by atoms with van der Waals surface area (Å²) in [6, 6.07) is 20.0. The van der Waals surface area contributed by atoms with E-state index in [0.717, 1.165) is 17.5 Å². The summed E-state index contributed by atoms with van der Waals surface area (Å²) in [6.45, 7) is 2.08. The first-order chi connectivity index (χ1) is 9.29. The van der Waals surface area contributed by atoms with Crippen LogP contribution in [0.3, 0.4) is 0 Å². The summed E-state index contributed by atoms with van der Waals surface area (Å²) in [7, 11) is 0. The molecule has 2 rings (SSSR count). The van der Waals surface area contributed by atoms with Crippen molar-refractivity contribution in [1.29, 1.82) is 0 Å². The Morgan fingerprint density at radius 2 is 1.58 bits per heavy atom. The van der Waals surface area contributed by atoms with Crippen molar-refractivity contribution in [2.45, 2.75) is 25.8 Å². The summed E-state index contributed by atoms with van der Waals surface area (Å²) in [4.78, 5) is 12.0. The molecule has 0 saturated heterocycles. The molecule has 0 unspecified atom stereocenters. The number of nitrogens with one attached hydrogen (secondary N) is 1. The van der Waals surface area contributed by atoms with E-state index in [1.807, 2.05) is 48.5 Å². The van der Waals surface area contributed by atoms with Crippen molar-refractivity contribution < 1.29 is 4.79 Å². The van der Waals surface area contributed by atoms with Crippen molar-refractivity contribution >= 4 is 5.91 Å². The van der Waals surface area contributed by atoms with Gasteiger partial charge in [-0.3, -0.25) is 4.79 Å². The second kappa shape index (κ2) is 6.74. The molecule has 0 radical (unpaired) electrons. The summed E-state index contributed by atoms with van der Waals surface area (Å²) < 4.78 is 0. The fraction of sp³-hybridized carbons (Fsp3) is 0.235. The Morgan fingerprint density at radius 1 is 1.00 bits per heavy atom. The van der Waals surface area contributed by atoms with Gasteiger partial charge in [-0.15, -0.1) is 0 Å². The zero-order chi connectivity index (χ0) is 13.5. The van der Waals surface area contributed by atoms with Crippen LogP contribution in [0.4, 0.5) is 0 Å². The molecular formula is C17H19NO. The van der Waals surface area contributed by atoms with Crippen LogP contribution in [0.2, 0.25) is 0 Å². The molecule has 1 atom stereocenters. The van der Waals surface area contributed by atoms with Crippen LogP contribution in [0.25, 0.3) is 0 Å². The van der Waals surface area contributed by atoms with Gasteiger partial charge in [0.25, 0.3) is 0 Å². The smallest absolute Gasteiger partial charge is 0.224 e. The van der Waals surface area contributed by atoms with Gasteiger partial charge in [0.1, 0.15) is 0 Å². The van der Waals surface area contributed by atoms with Gasteiger partial charge in [-0.05, 0) is 17.5 Å². The Hall–Kier alpha value is -2.09. The maximum absolute atomic E-state index is 12.0. The molecule has 2 aromatic carbocycles. The second-order valence-electron chi connectivity index (χ2n) is 4.60. The van der Waals surface area contributed by atoms with Crippen molar-refractivity contribution in [2.24, 2.45) is 0 Å². The Bertz CT molecular complexity index is 507. The standard InChI is InChI=1S/C17H19NO/c1-2-16(15-11-7-4-8-12-15)18-17(19)13-14-9-5-3-6-10-14/h3-12,16H,2,13H2,1H3,(H,18,19)/t16-/m1/s1. The minimum Gasteiger partial charge on any atom is -0.349 e. The Kier molecular flexibility index (Phi) is 4.73. The van der Waals surface area contributed by atoms with Gasteiger partial charge in [-0.1, -0.05) is 67.6 Å². The molecule has 1 amide bonds. The fourth-order valence-electron chi connectivity index (χ4n) is 2.13. The van der Waals surface area contributed by atoms with Crippen molar-refractivity contribution in [2.75, 3.05) is 0 Å². The van der Waals surface area contributed by atoms with E-state index in [1.54, 1.807) is 0 Å². The number of carbonyl (C=O) groups is 1. The van der Waals surface area contributed by atoms with Gasteiger partial charge in [0.15, 0.2) is 0 Å². The van der Waals surface area contributed by atoms with Gasteiger partial charge in [0.2, 0.25) is 5.91 Å². The lowest BCUT2D eigenvalue weighted by atomic mass is 10.0. The average Bonchev–Trinajstić information content (AvgIpc) is 2.47. The third kappa shape index (κ3) is 3.95. The van der Waals surface area contributed by atoms with E-state index in [9.17, 15) is 4.79 Å². The van der Waals surface area contributed by atoms with Crippen LogP contribution in [0.5, 0.6) is 0 Å². The molecule has 0 saturated carbocycles. The first-order valence-electron chi connectivity index (χ1n) is 6.68. The number of amides is 1. The van der Waals surface area contributed by atoms with Gasteiger partial charge in [-0.2, -0.15) is 0 Å². The Balaban J connectivity index is 1.97. The molecule has 0 aliphatic heterocycles. The predicted molar refractivity (Wildman–Crippen MR) is 77.8 cm³/mol. The Labute approximate surface area is 114 Å². The first kappa shape index (κ1) is 13.3. The van der Waals surface area contributed by atoms with Crippen LogP contribution in [0.1, 0.15) is 30.5 Å². The van der Waals surface area contributed by atoms with Crippen LogP contribution in [0, 0.1) is 0 Å². The van der Waals surface area contributed by atoms with Crippen molar-refractivity contribution in [3.63, 3.8) is 0 Å². The number of hydrogen-bond donors (Lipinski definition) is 1. The van der Waals surface area contributed by atoms with Gasteiger partial charge in [0.05, 0.1) is 12.5 Å². The molecule has 19 heavy (non-hydrogen) atoms. The van der Waals surface area contributed by atoms with Crippen LogP contribution >= 0.6 is 0 Å². The van der Waals surface area contributed by atoms with Crippen molar-refractivity contribution in [1.82, 2.24) is 5.32 Å². The molecule has 2 nitrogen and oxygen atoms in total. The first-order valence-corrected chi connectivity index (χ1v) is 6.68. The molecule has 0 bridgehead atoms. The molecule has 0 aliphatic rings. The lowest BCUT2D eigenvalue weighted by Gasteiger charge is -2.17. The molecule has 2 aromatic rings. The average molecular weight is 253 g/mol. The van der Waals surface area contributed by atoms with Gasteiger partial charge < -0.3 is 5.32 Å². The van der Waals surface area contributed by atoms with E-state index in [1.165, 1.54) is 0 Å². The SMILES string of the molecule is CC[C@@H](NC(=O)Cc1ccccc1)c1ccccc1. The summed E-state index contributed by atoms with van der Waals surface area (Å²) in [5.41, 5.74) is 2.20. The number of hydrogen-bond acceptors (Lipinski definition) is 1. The summed E-state index contributed by atoms with van der Waals surface area (Å²) >= 11 is 0. The largest absolute Gasteiger partial charge is 0.349 e. The number of rotatable bonds is 5. The second-order valence-corrected chi connectivity index (χ2v) is 4.60. The highest BCUT2D eigenvalue weighted by atomic mass is 16.1. The van der Waals surface area contributed by atoms with E-state index >= 15 is 0 Å². The summed E-state index contributed by atoms with van der Waals surface area (Å²) in [5.74, 6) is 0.0712. The van der Waals surface area contributed by atoms with Gasteiger partial charge in [-0.25, -0.2) is 0 Å². The van der Waals surface area contributed by atoms with Crippen molar-refractivity contribution in [3.8, 4) is 0 Å². The third-order valence-corrected chi connectivity index (χ3v) is 3.15.